The third kappa shape index (κ3) is 4.93. The van der Waals surface area contributed by atoms with Crippen LogP contribution in [0, 0.1) is 5.92 Å². The van der Waals surface area contributed by atoms with Crippen molar-refractivity contribution in [2.45, 2.75) is 25.8 Å². The van der Waals surface area contributed by atoms with Crippen LogP contribution < -0.4 is 14.8 Å². The van der Waals surface area contributed by atoms with Gasteiger partial charge in [0.15, 0.2) is 0 Å². The largest absolute Gasteiger partial charge is 0.497 e. The minimum absolute atomic E-state index is 0.0867. The van der Waals surface area contributed by atoms with Crippen LogP contribution in [0.15, 0.2) is 18.2 Å². The van der Waals surface area contributed by atoms with E-state index >= 15 is 0 Å². The molecule has 1 heterocycles. The molecule has 0 bridgehead atoms. The van der Waals surface area contributed by atoms with E-state index in [0.717, 1.165) is 43.1 Å². The predicted molar refractivity (Wildman–Crippen MR) is 79.6 cm³/mol. The van der Waals surface area contributed by atoms with Gasteiger partial charge in [-0.3, -0.25) is 4.79 Å². The average Bonchev–Trinajstić information content (AvgIpc) is 2.53. The molecule has 1 fully saturated rings. The highest BCUT2D eigenvalue weighted by Gasteiger charge is 2.17. The Bertz CT molecular complexity index is 447. The summed E-state index contributed by atoms with van der Waals surface area (Å²) < 4.78 is 15.7. The van der Waals surface area contributed by atoms with Crippen LogP contribution in [0.5, 0.6) is 11.5 Å². The molecule has 5 heteroatoms. The summed E-state index contributed by atoms with van der Waals surface area (Å²) in [4.78, 5) is 12.0. The number of ether oxygens (including phenoxy) is 3. The molecule has 21 heavy (non-hydrogen) atoms. The van der Waals surface area contributed by atoms with Crippen molar-refractivity contribution in [3.05, 3.63) is 23.8 Å². The standard InChI is InChI=1S/C16H23NO4/c1-19-14-7-13(8-15(10-14)20-2)11-17-16(18)9-12-3-5-21-6-4-12/h7-8,10,12H,3-6,9,11H2,1-2H3,(H,17,18). The first-order valence-electron chi connectivity index (χ1n) is 7.27. The van der Waals surface area contributed by atoms with E-state index in [-0.39, 0.29) is 5.91 Å². The van der Waals surface area contributed by atoms with Crippen LogP contribution in [0.4, 0.5) is 0 Å². The van der Waals surface area contributed by atoms with E-state index in [1.165, 1.54) is 0 Å². The molecule has 1 aromatic carbocycles. The molecule has 116 valence electrons. The van der Waals surface area contributed by atoms with Gasteiger partial charge in [-0.1, -0.05) is 0 Å². The quantitative estimate of drug-likeness (QED) is 0.873. The topological polar surface area (TPSA) is 56.8 Å². The molecule has 1 aliphatic heterocycles. The maximum absolute atomic E-state index is 12.0. The Morgan fingerprint density at radius 1 is 1.19 bits per heavy atom. The van der Waals surface area contributed by atoms with Gasteiger partial charge < -0.3 is 19.5 Å². The van der Waals surface area contributed by atoms with Crippen LogP contribution in [-0.2, 0) is 16.1 Å². The monoisotopic (exact) mass is 293 g/mol. The minimum Gasteiger partial charge on any atom is -0.497 e. The van der Waals surface area contributed by atoms with Crippen molar-refractivity contribution >= 4 is 5.91 Å². The summed E-state index contributed by atoms with van der Waals surface area (Å²) in [5, 5.41) is 2.96. The van der Waals surface area contributed by atoms with Crippen molar-refractivity contribution in [3.63, 3.8) is 0 Å². The number of amides is 1. The Hall–Kier alpha value is -1.75. The zero-order valence-electron chi connectivity index (χ0n) is 12.7. The molecular formula is C16H23NO4. The Morgan fingerprint density at radius 3 is 2.38 bits per heavy atom. The number of carbonyl (C=O) groups excluding carboxylic acids is 1. The summed E-state index contributed by atoms with van der Waals surface area (Å²) in [5.74, 6) is 1.98. The first-order valence-corrected chi connectivity index (χ1v) is 7.27. The molecular weight excluding hydrogens is 270 g/mol. The van der Waals surface area contributed by atoms with Crippen molar-refractivity contribution < 1.29 is 19.0 Å². The third-order valence-electron chi connectivity index (χ3n) is 3.72. The van der Waals surface area contributed by atoms with Gasteiger partial charge in [-0.25, -0.2) is 0 Å². The maximum Gasteiger partial charge on any atom is 0.220 e. The van der Waals surface area contributed by atoms with Crippen molar-refractivity contribution in [3.8, 4) is 11.5 Å². The van der Waals surface area contributed by atoms with Crippen LogP contribution in [0.25, 0.3) is 0 Å². The van der Waals surface area contributed by atoms with Crippen LogP contribution in [0.3, 0.4) is 0 Å². The number of rotatable bonds is 6. The second-order valence-corrected chi connectivity index (χ2v) is 5.26. The molecule has 0 aliphatic carbocycles. The molecule has 0 aromatic heterocycles. The van der Waals surface area contributed by atoms with Gasteiger partial charge in [-0.2, -0.15) is 0 Å². The highest BCUT2D eigenvalue weighted by atomic mass is 16.5. The second-order valence-electron chi connectivity index (χ2n) is 5.26. The van der Waals surface area contributed by atoms with E-state index in [9.17, 15) is 4.79 Å². The molecule has 0 atom stereocenters. The number of hydrogen-bond donors (Lipinski definition) is 1. The van der Waals surface area contributed by atoms with Gasteiger partial charge in [0.25, 0.3) is 0 Å². The number of carbonyl (C=O) groups is 1. The van der Waals surface area contributed by atoms with Crippen molar-refractivity contribution in [2.24, 2.45) is 5.92 Å². The lowest BCUT2D eigenvalue weighted by Gasteiger charge is -2.21. The van der Waals surface area contributed by atoms with E-state index in [0.29, 0.717) is 18.9 Å². The number of methoxy groups -OCH3 is 2. The summed E-state index contributed by atoms with van der Waals surface area (Å²) in [6, 6.07) is 5.61. The number of hydrogen-bond acceptors (Lipinski definition) is 4. The normalized spacial score (nSPS) is 15.5. The van der Waals surface area contributed by atoms with Crippen LogP contribution in [0.2, 0.25) is 0 Å². The molecule has 0 radical (unpaired) electrons. The molecule has 2 rings (SSSR count). The lowest BCUT2D eigenvalue weighted by molar-refractivity contribution is -0.122. The van der Waals surface area contributed by atoms with Gasteiger partial charge in [0.05, 0.1) is 14.2 Å². The van der Waals surface area contributed by atoms with Gasteiger partial charge in [0.2, 0.25) is 5.91 Å². The molecule has 5 nitrogen and oxygen atoms in total. The summed E-state index contributed by atoms with van der Waals surface area (Å²) >= 11 is 0. The first kappa shape index (κ1) is 15.6. The molecule has 1 aliphatic rings. The number of nitrogens with one attached hydrogen (secondary N) is 1. The smallest absolute Gasteiger partial charge is 0.220 e. The van der Waals surface area contributed by atoms with E-state index in [4.69, 9.17) is 14.2 Å². The SMILES string of the molecule is COc1cc(CNC(=O)CC2CCOCC2)cc(OC)c1. The molecule has 1 aromatic rings. The van der Waals surface area contributed by atoms with E-state index in [2.05, 4.69) is 5.32 Å². The molecule has 1 saturated heterocycles. The molecule has 1 N–H and O–H groups in total. The van der Waals surface area contributed by atoms with Gasteiger partial charge in [0.1, 0.15) is 11.5 Å². The van der Waals surface area contributed by atoms with E-state index in [1.54, 1.807) is 14.2 Å². The Kier molecular flexibility index (Phi) is 5.87. The van der Waals surface area contributed by atoms with Crippen LogP contribution in [0.1, 0.15) is 24.8 Å². The zero-order valence-corrected chi connectivity index (χ0v) is 12.7. The average molecular weight is 293 g/mol. The molecule has 1 amide bonds. The Balaban J connectivity index is 1.85. The highest BCUT2D eigenvalue weighted by molar-refractivity contribution is 5.76. The minimum atomic E-state index is 0.0867. The Morgan fingerprint density at radius 2 is 1.81 bits per heavy atom. The van der Waals surface area contributed by atoms with Crippen molar-refractivity contribution in [2.75, 3.05) is 27.4 Å². The summed E-state index contributed by atoms with van der Waals surface area (Å²) in [6.45, 7) is 2.02. The van der Waals surface area contributed by atoms with Crippen molar-refractivity contribution in [1.29, 1.82) is 0 Å². The predicted octanol–water partition coefficient (Wildman–Crippen LogP) is 2.14. The van der Waals surface area contributed by atoms with Gasteiger partial charge in [-0.05, 0) is 36.5 Å². The summed E-state index contributed by atoms with van der Waals surface area (Å²) in [5.41, 5.74) is 0.964. The summed E-state index contributed by atoms with van der Waals surface area (Å²) in [7, 11) is 3.23. The third-order valence-corrected chi connectivity index (χ3v) is 3.72. The lowest BCUT2D eigenvalue weighted by Crippen LogP contribution is -2.27. The molecule has 0 unspecified atom stereocenters. The maximum atomic E-state index is 12.0. The van der Waals surface area contributed by atoms with E-state index < -0.39 is 0 Å². The molecule has 0 saturated carbocycles. The first-order chi connectivity index (χ1) is 10.2. The van der Waals surface area contributed by atoms with Crippen molar-refractivity contribution in [1.82, 2.24) is 5.32 Å². The fourth-order valence-corrected chi connectivity index (χ4v) is 2.45. The van der Waals surface area contributed by atoms with Crippen LogP contribution >= 0.6 is 0 Å². The molecule has 0 spiro atoms. The van der Waals surface area contributed by atoms with Crippen LogP contribution in [-0.4, -0.2) is 33.3 Å². The lowest BCUT2D eigenvalue weighted by atomic mass is 9.96. The summed E-state index contributed by atoms with van der Waals surface area (Å²) in [6.07, 6.45) is 2.52. The number of benzene rings is 1. The second kappa shape index (κ2) is 7.88. The Labute approximate surface area is 125 Å². The van der Waals surface area contributed by atoms with Gasteiger partial charge in [0, 0.05) is 32.2 Å². The van der Waals surface area contributed by atoms with E-state index in [1.807, 2.05) is 18.2 Å². The highest BCUT2D eigenvalue weighted by Crippen LogP contribution is 2.22. The fraction of sp³-hybridized carbons (Fsp3) is 0.562. The van der Waals surface area contributed by atoms with Gasteiger partial charge in [-0.15, -0.1) is 0 Å². The van der Waals surface area contributed by atoms with Gasteiger partial charge >= 0.3 is 0 Å². The zero-order chi connectivity index (χ0) is 15.1. The fourth-order valence-electron chi connectivity index (χ4n) is 2.45.